The van der Waals surface area contributed by atoms with Crippen molar-refractivity contribution < 1.29 is 18.1 Å². The zero-order chi connectivity index (χ0) is 37.5. The average Bonchev–Trinajstić information content (AvgIpc) is 3.21. The third-order valence-electron chi connectivity index (χ3n) is 11.5. The van der Waals surface area contributed by atoms with Gasteiger partial charge in [-0.05, 0) is 20.8 Å². The molecule has 0 fully saturated rings. The molecule has 0 aromatic heterocycles. The summed E-state index contributed by atoms with van der Waals surface area (Å²) in [6.45, 7) is 13.0. The van der Waals surface area contributed by atoms with Gasteiger partial charge in [-0.3, -0.25) is 13.6 Å². The molecule has 3 unspecified atom stereocenters. The van der Waals surface area contributed by atoms with Crippen LogP contribution < -0.4 is 31.1 Å². The van der Waals surface area contributed by atoms with E-state index < -0.39 is 49.2 Å². The zero-order valence-corrected chi connectivity index (χ0v) is 35.5. The number of rotatable bonds is 15. The van der Waals surface area contributed by atoms with Crippen molar-refractivity contribution in [3.05, 3.63) is 182 Å². The molecule has 0 aliphatic heterocycles. The second kappa shape index (κ2) is 16.6. The van der Waals surface area contributed by atoms with E-state index in [0.29, 0.717) is 0 Å². The molecule has 0 heterocycles. The first-order valence-electron chi connectivity index (χ1n) is 18.5. The van der Waals surface area contributed by atoms with Gasteiger partial charge in [0.25, 0.3) is 0 Å². The van der Waals surface area contributed by atoms with Gasteiger partial charge in [0.2, 0.25) is 0 Å². The van der Waals surface area contributed by atoms with Crippen molar-refractivity contribution >= 4 is 63.2 Å². The van der Waals surface area contributed by atoms with Crippen molar-refractivity contribution in [3.8, 4) is 0 Å². The lowest BCUT2D eigenvalue weighted by Crippen LogP contribution is -2.66. The first-order valence-corrected chi connectivity index (χ1v) is 27.7. The van der Waals surface area contributed by atoms with E-state index in [-0.39, 0.29) is 0 Å². The number of phosphoric ester groups is 1. The maximum atomic E-state index is 16.0. The van der Waals surface area contributed by atoms with Crippen LogP contribution in [0, 0.1) is 0 Å². The fourth-order valence-electron chi connectivity index (χ4n) is 7.59. The molecule has 0 spiro atoms. The maximum absolute atomic E-state index is 16.0. The van der Waals surface area contributed by atoms with Crippen LogP contribution >= 0.6 is 7.82 Å². The van der Waals surface area contributed by atoms with E-state index in [4.69, 9.17) is 13.6 Å². The summed E-state index contributed by atoms with van der Waals surface area (Å²) in [5, 5.41) is 7.12. The van der Waals surface area contributed by atoms with Gasteiger partial charge in [-0.15, -0.1) is 0 Å². The molecule has 0 aliphatic carbocycles. The lowest BCUT2D eigenvalue weighted by Gasteiger charge is -2.41. The van der Waals surface area contributed by atoms with Crippen LogP contribution in [0.25, 0.3) is 0 Å². The van der Waals surface area contributed by atoms with Gasteiger partial charge in [0, 0.05) is 0 Å². The van der Waals surface area contributed by atoms with Crippen LogP contribution in [0.2, 0.25) is 19.6 Å². The highest BCUT2D eigenvalue weighted by molar-refractivity contribution is 7.49. The van der Waals surface area contributed by atoms with Crippen LogP contribution in [-0.4, -0.2) is 41.4 Å². The van der Waals surface area contributed by atoms with Gasteiger partial charge in [0.05, 0.1) is 17.2 Å². The standard InChI is InChI=1S/C45H51O4PSi3/c1-37(51(4,40-25-13-7-14-26-40)41-27-15-8-16-28-41)47-50(46,48-38(2)52(5,42-29-17-9-18-30-42)43-31-19-10-20-32-43)49-39(3)53(6,44-33-21-11-22-34-44)45-35-23-12-24-36-45/h7-39H,1-6H3. The van der Waals surface area contributed by atoms with Crippen molar-refractivity contribution in [1.29, 1.82) is 0 Å². The molecule has 0 saturated carbocycles. The van der Waals surface area contributed by atoms with Crippen LogP contribution in [0.5, 0.6) is 0 Å². The summed E-state index contributed by atoms with van der Waals surface area (Å²) in [5.74, 6) is 0. The molecular weight excluding hydrogens is 720 g/mol. The number of benzene rings is 6. The summed E-state index contributed by atoms with van der Waals surface area (Å²) in [6, 6.07) is 63.1. The Kier molecular flexibility index (Phi) is 12.2. The van der Waals surface area contributed by atoms with Gasteiger partial charge in [0.15, 0.2) is 0 Å². The van der Waals surface area contributed by atoms with Crippen LogP contribution in [0.15, 0.2) is 182 Å². The highest BCUT2D eigenvalue weighted by Crippen LogP contribution is 2.55. The van der Waals surface area contributed by atoms with Gasteiger partial charge in [-0.2, -0.15) is 0 Å². The van der Waals surface area contributed by atoms with Gasteiger partial charge in [0.1, 0.15) is 24.2 Å². The topological polar surface area (TPSA) is 44.8 Å². The molecule has 6 aromatic rings. The van der Waals surface area contributed by atoms with Gasteiger partial charge in [-0.25, -0.2) is 4.57 Å². The highest BCUT2D eigenvalue weighted by Gasteiger charge is 2.50. The molecule has 6 rings (SSSR count). The van der Waals surface area contributed by atoms with Crippen LogP contribution in [-0.2, 0) is 18.1 Å². The van der Waals surface area contributed by atoms with Gasteiger partial charge in [-0.1, -0.05) is 233 Å². The molecule has 0 bridgehead atoms. The molecular formula is C45H51O4PSi3. The Bertz CT molecular complexity index is 1710. The van der Waals surface area contributed by atoms with Gasteiger partial charge >= 0.3 is 7.82 Å². The van der Waals surface area contributed by atoms with E-state index in [0.717, 1.165) is 0 Å². The number of phosphoric acid groups is 1. The van der Waals surface area contributed by atoms with Crippen LogP contribution in [0.4, 0.5) is 0 Å². The van der Waals surface area contributed by atoms with Crippen molar-refractivity contribution in [1.82, 2.24) is 0 Å². The summed E-state index contributed by atoms with van der Waals surface area (Å²) >= 11 is 0. The minimum Gasteiger partial charge on any atom is -0.286 e. The fraction of sp³-hybridized carbons (Fsp3) is 0.200. The minimum atomic E-state index is -4.30. The summed E-state index contributed by atoms with van der Waals surface area (Å²) in [7, 11) is -12.4. The number of hydrogen-bond donors (Lipinski definition) is 0. The van der Waals surface area contributed by atoms with Crippen LogP contribution in [0.1, 0.15) is 20.8 Å². The molecule has 8 heteroatoms. The minimum absolute atomic E-state index is 0.472. The van der Waals surface area contributed by atoms with Crippen molar-refractivity contribution in [2.24, 2.45) is 0 Å². The number of hydrogen-bond acceptors (Lipinski definition) is 4. The van der Waals surface area contributed by atoms with Crippen molar-refractivity contribution in [3.63, 3.8) is 0 Å². The Morgan fingerprint density at radius 3 is 0.642 bits per heavy atom. The van der Waals surface area contributed by atoms with Gasteiger partial charge < -0.3 is 0 Å². The third kappa shape index (κ3) is 7.98. The van der Waals surface area contributed by atoms with E-state index in [9.17, 15) is 0 Å². The molecule has 3 atom stereocenters. The van der Waals surface area contributed by atoms with Crippen molar-refractivity contribution in [2.45, 2.75) is 57.6 Å². The summed E-state index contributed by atoms with van der Waals surface area (Å²) in [5.41, 5.74) is -1.42. The Morgan fingerprint density at radius 1 is 0.340 bits per heavy atom. The van der Waals surface area contributed by atoms with E-state index >= 15 is 4.57 Å². The maximum Gasteiger partial charge on any atom is 0.474 e. The second-order valence-corrected chi connectivity index (χ2v) is 29.1. The normalized spacial score (nSPS) is 15.2. The SMILES string of the molecule is CC(OP(=O)(OC(C)[Si](C)(c1ccccc1)c1ccccc1)OC(C)[Si](C)(c1ccccc1)c1ccccc1)[Si](C)(c1ccccc1)c1ccccc1. The summed E-state index contributed by atoms with van der Waals surface area (Å²) in [6.07, 6.45) is 0. The summed E-state index contributed by atoms with van der Waals surface area (Å²) in [4.78, 5) is 0. The third-order valence-corrected chi connectivity index (χ3v) is 28.3. The molecule has 53 heavy (non-hydrogen) atoms. The van der Waals surface area contributed by atoms with E-state index in [1.807, 2.05) is 36.4 Å². The Morgan fingerprint density at radius 2 is 0.491 bits per heavy atom. The van der Waals surface area contributed by atoms with E-state index in [2.05, 4.69) is 186 Å². The first-order chi connectivity index (χ1) is 25.5. The lowest BCUT2D eigenvalue weighted by molar-refractivity contribution is 0.0904. The molecule has 6 aromatic carbocycles. The quantitative estimate of drug-likeness (QED) is 0.0798. The van der Waals surface area contributed by atoms with Crippen LogP contribution in [0.3, 0.4) is 0 Å². The predicted octanol–water partition coefficient (Wildman–Crippen LogP) is 7.61. The smallest absolute Gasteiger partial charge is 0.286 e. The lowest BCUT2D eigenvalue weighted by atomic mass is 10.4. The Balaban J connectivity index is 1.47. The Labute approximate surface area is 319 Å². The van der Waals surface area contributed by atoms with E-state index in [1.165, 1.54) is 31.1 Å². The molecule has 4 nitrogen and oxygen atoms in total. The molecule has 272 valence electrons. The predicted molar refractivity (Wildman–Crippen MR) is 231 cm³/mol. The summed E-state index contributed by atoms with van der Waals surface area (Å²) < 4.78 is 37.0. The van der Waals surface area contributed by atoms with E-state index in [1.54, 1.807) is 0 Å². The molecule has 0 saturated heterocycles. The largest absolute Gasteiger partial charge is 0.474 e. The monoisotopic (exact) mass is 770 g/mol. The molecule has 0 amide bonds. The molecule has 0 radical (unpaired) electrons. The van der Waals surface area contributed by atoms with Crippen molar-refractivity contribution in [2.75, 3.05) is 0 Å². The molecule has 0 N–H and O–H groups in total. The zero-order valence-electron chi connectivity index (χ0n) is 31.6. The highest BCUT2D eigenvalue weighted by atomic mass is 31.2. The first kappa shape index (κ1) is 38.8. The fourth-order valence-corrected chi connectivity index (χ4v) is 21.7. The molecule has 0 aliphatic rings. The Hall–Kier alpha value is -3.92. The second-order valence-electron chi connectivity index (χ2n) is 14.5. The average molecular weight is 771 g/mol.